The molecule has 0 aromatic heterocycles. The van der Waals surface area contributed by atoms with Gasteiger partial charge >= 0.3 is 6.18 Å². The summed E-state index contributed by atoms with van der Waals surface area (Å²) in [5.41, 5.74) is 0.734. The second kappa shape index (κ2) is 8.17. The molecule has 1 amide bonds. The molecule has 1 N–H and O–H groups in total. The Kier molecular flexibility index (Phi) is 6.18. The largest absolute Gasteiger partial charge is 0.418 e. The van der Waals surface area contributed by atoms with Gasteiger partial charge in [-0.05, 0) is 55.7 Å². The fraction of sp³-hybridized carbons (Fsp3) is 0.682. The van der Waals surface area contributed by atoms with Crippen LogP contribution in [0.5, 0.6) is 0 Å². The van der Waals surface area contributed by atoms with E-state index in [9.17, 15) is 23.1 Å². The first-order chi connectivity index (χ1) is 13.6. The van der Waals surface area contributed by atoms with E-state index in [0.29, 0.717) is 6.42 Å². The first-order valence-electron chi connectivity index (χ1n) is 10.4. The van der Waals surface area contributed by atoms with Gasteiger partial charge in [0, 0.05) is 38.3 Å². The zero-order chi connectivity index (χ0) is 21.4. The Labute approximate surface area is 170 Å². The van der Waals surface area contributed by atoms with Gasteiger partial charge in [0.25, 0.3) is 0 Å². The molecule has 1 atom stereocenters. The van der Waals surface area contributed by atoms with E-state index in [1.165, 1.54) is 11.0 Å². The lowest BCUT2D eigenvalue weighted by molar-refractivity contribution is -0.151. The Bertz CT molecular complexity index is 728. The number of nitrogens with zero attached hydrogens (tertiary/aromatic N) is 2. The molecule has 1 aromatic carbocycles. The number of aliphatic hydroxyl groups is 1. The zero-order valence-corrected chi connectivity index (χ0v) is 17.4. The van der Waals surface area contributed by atoms with Crippen LogP contribution in [0.25, 0.3) is 0 Å². The van der Waals surface area contributed by atoms with Crippen molar-refractivity contribution in [2.75, 3.05) is 38.7 Å². The maximum atomic E-state index is 13.3. The number of hydrogen-bond donors (Lipinski definition) is 1. The number of halogens is 3. The van der Waals surface area contributed by atoms with E-state index in [2.05, 4.69) is 0 Å². The number of alkyl halides is 3. The Balaban J connectivity index is 1.63. The Morgan fingerprint density at radius 1 is 1.28 bits per heavy atom. The average molecular weight is 412 g/mol. The molecular formula is C22H31F3N2O2. The van der Waals surface area contributed by atoms with Crippen LogP contribution in [-0.2, 0) is 11.0 Å². The van der Waals surface area contributed by atoms with Gasteiger partial charge in [0.1, 0.15) is 0 Å². The van der Waals surface area contributed by atoms with E-state index >= 15 is 0 Å². The minimum atomic E-state index is -4.36. The third kappa shape index (κ3) is 4.39. The molecule has 1 spiro atoms. The minimum absolute atomic E-state index is 0.0427. The normalized spacial score (nSPS) is 20.4. The molecular weight excluding hydrogens is 381 g/mol. The molecule has 1 aliphatic carbocycles. The highest BCUT2D eigenvalue weighted by Gasteiger charge is 2.47. The van der Waals surface area contributed by atoms with Gasteiger partial charge < -0.3 is 14.9 Å². The molecule has 0 bridgehead atoms. The molecule has 1 saturated carbocycles. The maximum absolute atomic E-state index is 13.3. The SMILES string of the molecule is CC[C@H](CO)C(=O)N1CC2(CCC(c3ccc(C(F)(F)F)c(N(C)C)c3)CC2)C1. The average Bonchev–Trinajstić information content (AvgIpc) is 2.65. The van der Waals surface area contributed by atoms with Crippen molar-refractivity contribution in [3.63, 3.8) is 0 Å². The summed E-state index contributed by atoms with van der Waals surface area (Å²) < 4.78 is 39.8. The van der Waals surface area contributed by atoms with Crippen molar-refractivity contribution in [2.24, 2.45) is 11.3 Å². The molecule has 1 heterocycles. The summed E-state index contributed by atoms with van der Waals surface area (Å²) in [7, 11) is 3.28. The highest BCUT2D eigenvalue weighted by molar-refractivity contribution is 5.80. The van der Waals surface area contributed by atoms with Crippen molar-refractivity contribution in [3.8, 4) is 0 Å². The Morgan fingerprint density at radius 3 is 2.38 bits per heavy atom. The van der Waals surface area contributed by atoms with Gasteiger partial charge in [-0.25, -0.2) is 0 Å². The quantitative estimate of drug-likeness (QED) is 0.785. The fourth-order valence-electron chi connectivity index (χ4n) is 4.85. The van der Waals surface area contributed by atoms with Crippen LogP contribution in [0, 0.1) is 11.3 Å². The molecule has 0 unspecified atom stereocenters. The molecule has 7 heteroatoms. The molecule has 2 fully saturated rings. The van der Waals surface area contributed by atoms with Gasteiger partial charge in [0.15, 0.2) is 0 Å². The fourth-order valence-corrected chi connectivity index (χ4v) is 4.85. The zero-order valence-electron chi connectivity index (χ0n) is 17.4. The van der Waals surface area contributed by atoms with E-state index in [1.807, 2.05) is 11.8 Å². The van der Waals surface area contributed by atoms with Crippen LogP contribution >= 0.6 is 0 Å². The molecule has 29 heavy (non-hydrogen) atoms. The highest BCUT2D eigenvalue weighted by atomic mass is 19.4. The number of likely N-dealkylation sites (tertiary alicyclic amines) is 1. The van der Waals surface area contributed by atoms with Crippen molar-refractivity contribution < 1.29 is 23.1 Å². The summed E-state index contributed by atoms with van der Waals surface area (Å²) >= 11 is 0. The van der Waals surface area contributed by atoms with E-state index in [1.54, 1.807) is 26.2 Å². The van der Waals surface area contributed by atoms with Crippen molar-refractivity contribution >= 4 is 11.6 Å². The summed E-state index contributed by atoms with van der Waals surface area (Å²) in [6, 6.07) is 4.52. The molecule has 0 radical (unpaired) electrons. The maximum Gasteiger partial charge on any atom is 0.418 e. The van der Waals surface area contributed by atoms with Gasteiger partial charge in [-0.15, -0.1) is 0 Å². The van der Waals surface area contributed by atoms with Crippen molar-refractivity contribution in [3.05, 3.63) is 29.3 Å². The lowest BCUT2D eigenvalue weighted by atomic mass is 9.64. The number of amides is 1. The molecule has 4 nitrogen and oxygen atoms in total. The number of carbonyl (C=O) groups excluding carboxylic acids is 1. The number of rotatable bonds is 5. The van der Waals surface area contributed by atoms with E-state index in [4.69, 9.17) is 0 Å². The number of benzene rings is 1. The second-order valence-electron chi connectivity index (χ2n) is 8.93. The van der Waals surface area contributed by atoms with Crippen molar-refractivity contribution in [1.82, 2.24) is 4.90 Å². The first-order valence-corrected chi connectivity index (χ1v) is 10.4. The van der Waals surface area contributed by atoms with Crippen molar-refractivity contribution in [2.45, 2.75) is 51.1 Å². The molecule has 3 rings (SSSR count). The van der Waals surface area contributed by atoms with Crippen molar-refractivity contribution in [1.29, 1.82) is 0 Å². The van der Waals surface area contributed by atoms with Crippen LogP contribution in [0.4, 0.5) is 18.9 Å². The number of aliphatic hydroxyl groups excluding tert-OH is 1. The predicted octanol–water partition coefficient (Wildman–Crippen LogP) is 4.28. The van der Waals surface area contributed by atoms with E-state index in [-0.39, 0.29) is 35.5 Å². The summed E-state index contributed by atoms with van der Waals surface area (Å²) in [6.45, 7) is 3.28. The number of anilines is 1. The standard InChI is InChI=1S/C22H31F3N2O2/c1-4-15(12-28)20(29)27-13-21(14-27)9-7-16(8-10-21)17-5-6-18(22(23,24)25)19(11-17)26(2)3/h5-6,11,15-16,28H,4,7-10,12-14H2,1-3H3/t15-/m1/s1. The third-order valence-electron chi connectivity index (χ3n) is 6.75. The summed E-state index contributed by atoms with van der Waals surface area (Å²) in [6.07, 6.45) is 0.102. The molecule has 1 saturated heterocycles. The lowest BCUT2D eigenvalue weighted by Gasteiger charge is -2.54. The minimum Gasteiger partial charge on any atom is -0.396 e. The van der Waals surface area contributed by atoms with Gasteiger partial charge in [-0.2, -0.15) is 13.2 Å². The highest BCUT2D eigenvalue weighted by Crippen LogP contribution is 2.49. The molecule has 2 aliphatic rings. The van der Waals surface area contributed by atoms with Crippen LogP contribution in [0.2, 0.25) is 0 Å². The van der Waals surface area contributed by atoms with Gasteiger partial charge in [0.05, 0.1) is 18.1 Å². The monoisotopic (exact) mass is 412 g/mol. The van der Waals surface area contributed by atoms with E-state index in [0.717, 1.165) is 44.3 Å². The topological polar surface area (TPSA) is 43.8 Å². The summed E-state index contributed by atoms with van der Waals surface area (Å²) in [5.74, 6) is -0.00593. The summed E-state index contributed by atoms with van der Waals surface area (Å²) in [4.78, 5) is 15.8. The first kappa shape index (κ1) is 21.9. The number of carbonyl (C=O) groups is 1. The third-order valence-corrected chi connectivity index (χ3v) is 6.75. The predicted molar refractivity (Wildman–Crippen MR) is 107 cm³/mol. The van der Waals surface area contributed by atoms with Crippen LogP contribution in [0.15, 0.2) is 18.2 Å². The van der Waals surface area contributed by atoms with Gasteiger partial charge in [-0.1, -0.05) is 13.0 Å². The second-order valence-corrected chi connectivity index (χ2v) is 8.93. The summed E-state index contributed by atoms with van der Waals surface area (Å²) in [5, 5.41) is 9.34. The smallest absolute Gasteiger partial charge is 0.396 e. The Hall–Kier alpha value is -1.76. The van der Waals surface area contributed by atoms with Crippen LogP contribution in [-0.4, -0.2) is 49.7 Å². The van der Waals surface area contributed by atoms with Gasteiger partial charge in [-0.3, -0.25) is 4.79 Å². The van der Waals surface area contributed by atoms with Crippen LogP contribution in [0.3, 0.4) is 0 Å². The molecule has 1 aromatic rings. The Morgan fingerprint density at radius 2 is 1.90 bits per heavy atom. The van der Waals surface area contributed by atoms with Gasteiger partial charge in [0.2, 0.25) is 5.91 Å². The van der Waals surface area contributed by atoms with Crippen LogP contribution < -0.4 is 4.90 Å². The molecule has 162 valence electrons. The lowest BCUT2D eigenvalue weighted by Crippen LogP contribution is -2.60. The number of hydrogen-bond acceptors (Lipinski definition) is 3. The van der Waals surface area contributed by atoms with E-state index < -0.39 is 11.7 Å². The van der Waals surface area contributed by atoms with Crippen LogP contribution in [0.1, 0.15) is 56.1 Å². The molecule has 1 aliphatic heterocycles.